The Balaban J connectivity index is 3.25. The van der Waals surface area contributed by atoms with Crippen LogP contribution in [0.2, 0.25) is 0 Å². The molecule has 1 unspecified atom stereocenters. The van der Waals surface area contributed by atoms with Gasteiger partial charge < -0.3 is 5.11 Å². The van der Waals surface area contributed by atoms with E-state index in [-0.39, 0.29) is 6.10 Å². The van der Waals surface area contributed by atoms with Gasteiger partial charge in [0.1, 0.15) is 0 Å². The highest BCUT2D eigenvalue weighted by Gasteiger charge is 1.86. The second kappa shape index (κ2) is 5.57. The lowest BCUT2D eigenvalue weighted by Gasteiger charge is -1.93. The number of rotatable bonds is 3. The van der Waals surface area contributed by atoms with Crippen molar-refractivity contribution in [1.82, 2.24) is 0 Å². The van der Waals surface area contributed by atoms with Gasteiger partial charge in [-0.15, -0.1) is 0 Å². The molecule has 1 heteroatoms. The van der Waals surface area contributed by atoms with Crippen molar-refractivity contribution in [3.05, 3.63) is 24.3 Å². The van der Waals surface area contributed by atoms with Gasteiger partial charge in [0, 0.05) is 0 Å². The second-order valence-corrected chi connectivity index (χ2v) is 2.04. The molecule has 0 aliphatic carbocycles. The Labute approximate surface area is 56.7 Å². The van der Waals surface area contributed by atoms with E-state index in [9.17, 15) is 0 Å². The summed E-state index contributed by atoms with van der Waals surface area (Å²) in [7, 11) is 0. The Morgan fingerprint density at radius 2 is 2.11 bits per heavy atom. The van der Waals surface area contributed by atoms with Crippen LogP contribution in [0, 0.1) is 0 Å². The summed E-state index contributed by atoms with van der Waals surface area (Å²) in [6.07, 6.45) is 8.31. The van der Waals surface area contributed by atoms with Crippen LogP contribution in [0.1, 0.15) is 20.3 Å². The summed E-state index contributed by atoms with van der Waals surface area (Å²) in [5.74, 6) is 0. The average molecular weight is 126 g/mol. The van der Waals surface area contributed by atoms with Crippen LogP contribution in [0.25, 0.3) is 0 Å². The monoisotopic (exact) mass is 126 g/mol. The van der Waals surface area contributed by atoms with Gasteiger partial charge in [-0.25, -0.2) is 0 Å². The second-order valence-electron chi connectivity index (χ2n) is 2.04. The third-order valence-corrected chi connectivity index (χ3v) is 0.917. The number of hydrogen-bond donors (Lipinski definition) is 1. The zero-order chi connectivity index (χ0) is 7.11. The van der Waals surface area contributed by atoms with E-state index in [0.29, 0.717) is 0 Å². The highest BCUT2D eigenvalue weighted by Crippen LogP contribution is 1.90. The number of aliphatic hydroxyl groups is 1. The van der Waals surface area contributed by atoms with Gasteiger partial charge in [-0.3, -0.25) is 0 Å². The first-order valence-corrected chi connectivity index (χ1v) is 3.23. The minimum Gasteiger partial charge on any atom is -0.393 e. The molecule has 0 aliphatic rings. The van der Waals surface area contributed by atoms with Gasteiger partial charge in [-0.1, -0.05) is 24.3 Å². The van der Waals surface area contributed by atoms with Crippen LogP contribution in [0.5, 0.6) is 0 Å². The first kappa shape index (κ1) is 8.44. The average Bonchev–Trinajstić information content (AvgIpc) is 1.80. The summed E-state index contributed by atoms with van der Waals surface area (Å²) in [6, 6.07) is 0. The van der Waals surface area contributed by atoms with Crippen molar-refractivity contribution in [2.24, 2.45) is 0 Å². The van der Waals surface area contributed by atoms with E-state index in [1.54, 1.807) is 6.92 Å². The minimum atomic E-state index is -0.216. The number of aliphatic hydroxyl groups excluding tert-OH is 1. The van der Waals surface area contributed by atoms with E-state index in [1.807, 2.05) is 31.2 Å². The molecule has 0 aliphatic heterocycles. The van der Waals surface area contributed by atoms with Crippen LogP contribution >= 0.6 is 0 Å². The molecular formula is C8H14O. The zero-order valence-corrected chi connectivity index (χ0v) is 6.04. The molecule has 0 aromatic carbocycles. The smallest absolute Gasteiger partial charge is 0.0546 e. The molecule has 9 heavy (non-hydrogen) atoms. The Bertz CT molecular complexity index is 101. The fraction of sp³-hybridized carbons (Fsp3) is 0.500. The van der Waals surface area contributed by atoms with E-state index >= 15 is 0 Å². The van der Waals surface area contributed by atoms with Crippen molar-refractivity contribution in [2.45, 2.75) is 26.4 Å². The van der Waals surface area contributed by atoms with Gasteiger partial charge in [0.2, 0.25) is 0 Å². The summed E-state index contributed by atoms with van der Waals surface area (Å²) < 4.78 is 0. The van der Waals surface area contributed by atoms with Crippen molar-refractivity contribution in [3.63, 3.8) is 0 Å². The maximum Gasteiger partial charge on any atom is 0.0546 e. The standard InChI is InChI=1S/C8H14O/c1-3-4-5-6-7-8(2)9/h3-6,8-9H,7H2,1-2H3. The summed E-state index contributed by atoms with van der Waals surface area (Å²) in [5, 5.41) is 8.78. The van der Waals surface area contributed by atoms with Crippen LogP contribution in [0.15, 0.2) is 24.3 Å². The molecule has 0 fully saturated rings. The van der Waals surface area contributed by atoms with Crippen LogP contribution in [-0.2, 0) is 0 Å². The largest absolute Gasteiger partial charge is 0.393 e. The van der Waals surface area contributed by atoms with Gasteiger partial charge in [0.05, 0.1) is 6.10 Å². The quantitative estimate of drug-likeness (QED) is 0.572. The lowest BCUT2D eigenvalue weighted by molar-refractivity contribution is 0.198. The van der Waals surface area contributed by atoms with Crippen molar-refractivity contribution in [1.29, 1.82) is 0 Å². The lowest BCUT2D eigenvalue weighted by Crippen LogP contribution is -1.94. The van der Waals surface area contributed by atoms with Crippen LogP contribution in [-0.4, -0.2) is 11.2 Å². The van der Waals surface area contributed by atoms with Gasteiger partial charge >= 0.3 is 0 Å². The third-order valence-electron chi connectivity index (χ3n) is 0.917. The number of hydrogen-bond acceptors (Lipinski definition) is 1. The summed E-state index contributed by atoms with van der Waals surface area (Å²) in [6.45, 7) is 3.74. The normalized spacial score (nSPS) is 15.4. The molecule has 0 heterocycles. The summed E-state index contributed by atoms with van der Waals surface area (Å²) in [5.41, 5.74) is 0. The van der Waals surface area contributed by atoms with Gasteiger partial charge in [0.15, 0.2) is 0 Å². The van der Waals surface area contributed by atoms with Crippen molar-refractivity contribution < 1.29 is 5.11 Å². The molecule has 1 atom stereocenters. The highest BCUT2D eigenvalue weighted by molar-refractivity contribution is 5.01. The SMILES string of the molecule is CC=CC=CCC(C)O. The molecule has 0 rings (SSSR count). The van der Waals surface area contributed by atoms with E-state index in [4.69, 9.17) is 5.11 Å². The fourth-order valence-electron chi connectivity index (χ4n) is 0.465. The summed E-state index contributed by atoms with van der Waals surface area (Å²) >= 11 is 0. The van der Waals surface area contributed by atoms with E-state index in [2.05, 4.69) is 0 Å². The molecule has 0 aromatic heterocycles. The Hall–Kier alpha value is -0.560. The predicted molar refractivity (Wildman–Crippen MR) is 40.3 cm³/mol. The maximum absolute atomic E-state index is 8.78. The van der Waals surface area contributed by atoms with Crippen molar-refractivity contribution >= 4 is 0 Å². The van der Waals surface area contributed by atoms with Gasteiger partial charge in [-0.2, -0.15) is 0 Å². The Kier molecular flexibility index (Phi) is 5.23. The molecule has 0 radical (unpaired) electrons. The highest BCUT2D eigenvalue weighted by atomic mass is 16.3. The third kappa shape index (κ3) is 7.44. The van der Waals surface area contributed by atoms with Crippen LogP contribution in [0.4, 0.5) is 0 Å². The molecule has 0 spiro atoms. The molecule has 52 valence electrons. The minimum absolute atomic E-state index is 0.216. The fourth-order valence-corrected chi connectivity index (χ4v) is 0.465. The van der Waals surface area contributed by atoms with E-state index < -0.39 is 0 Å². The molecular weight excluding hydrogens is 112 g/mol. The van der Waals surface area contributed by atoms with Crippen molar-refractivity contribution in [2.75, 3.05) is 0 Å². The molecule has 1 N–H and O–H groups in total. The van der Waals surface area contributed by atoms with Gasteiger partial charge in [0.25, 0.3) is 0 Å². The molecule has 0 aromatic rings. The van der Waals surface area contributed by atoms with E-state index in [1.165, 1.54) is 0 Å². The molecule has 1 nitrogen and oxygen atoms in total. The summed E-state index contributed by atoms with van der Waals surface area (Å²) in [4.78, 5) is 0. The van der Waals surface area contributed by atoms with E-state index in [0.717, 1.165) is 6.42 Å². The Morgan fingerprint density at radius 1 is 1.44 bits per heavy atom. The molecule has 0 saturated carbocycles. The first-order chi connectivity index (χ1) is 4.27. The molecule has 0 amide bonds. The van der Waals surface area contributed by atoms with Crippen LogP contribution < -0.4 is 0 Å². The first-order valence-electron chi connectivity index (χ1n) is 3.23. The van der Waals surface area contributed by atoms with Crippen LogP contribution in [0.3, 0.4) is 0 Å². The Morgan fingerprint density at radius 3 is 2.56 bits per heavy atom. The maximum atomic E-state index is 8.78. The van der Waals surface area contributed by atoms with Crippen molar-refractivity contribution in [3.8, 4) is 0 Å². The topological polar surface area (TPSA) is 20.2 Å². The molecule has 0 saturated heterocycles. The van der Waals surface area contributed by atoms with Gasteiger partial charge in [-0.05, 0) is 20.3 Å². The lowest BCUT2D eigenvalue weighted by atomic mass is 10.2. The predicted octanol–water partition coefficient (Wildman–Crippen LogP) is 1.89. The zero-order valence-electron chi connectivity index (χ0n) is 6.04. The number of allylic oxidation sites excluding steroid dienone is 3. The molecule has 0 bridgehead atoms.